The molecule has 6 heteroatoms. The first-order valence-corrected chi connectivity index (χ1v) is 9.42. The number of rotatable bonds is 5. The zero-order valence-electron chi connectivity index (χ0n) is 14.2. The Hall–Kier alpha value is -1.79. The summed E-state index contributed by atoms with van der Waals surface area (Å²) in [5.74, 6) is -1.22. The minimum absolute atomic E-state index is 0.00898. The summed E-state index contributed by atoms with van der Waals surface area (Å²) in [4.78, 5) is 15.9. The van der Waals surface area contributed by atoms with Gasteiger partial charge in [-0.2, -0.15) is 0 Å². The molecule has 1 saturated heterocycles. The quantitative estimate of drug-likeness (QED) is 0.861. The van der Waals surface area contributed by atoms with Gasteiger partial charge >= 0.3 is 0 Å². The van der Waals surface area contributed by atoms with E-state index in [9.17, 15) is 13.6 Å². The van der Waals surface area contributed by atoms with Crippen LogP contribution in [0, 0.1) is 17.6 Å². The number of carbonyl (C=O) groups excluding carboxylic acids is 1. The van der Waals surface area contributed by atoms with Crippen molar-refractivity contribution in [2.45, 2.75) is 25.8 Å². The zero-order chi connectivity index (χ0) is 17.8. The summed E-state index contributed by atoms with van der Waals surface area (Å²) in [6, 6.07) is 7.04. The summed E-state index contributed by atoms with van der Waals surface area (Å²) in [5.41, 5.74) is 0.00898. The van der Waals surface area contributed by atoms with E-state index in [4.69, 9.17) is 0 Å². The van der Waals surface area contributed by atoms with E-state index in [0.717, 1.165) is 50.0 Å². The maximum atomic E-state index is 13.3. The maximum absolute atomic E-state index is 13.3. The summed E-state index contributed by atoms with van der Waals surface area (Å²) >= 11 is 1.66. The largest absolute Gasteiger partial charge is 0.350 e. The normalized spacial score (nSPS) is 17.4. The highest BCUT2D eigenvalue weighted by Crippen LogP contribution is 2.29. The number of thiophene rings is 1. The first kappa shape index (κ1) is 18.0. The predicted molar refractivity (Wildman–Crippen MR) is 95.7 cm³/mol. The lowest BCUT2D eigenvalue weighted by Crippen LogP contribution is -2.41. The molecule has 0 aliphatic carbocycles. The van der Waals surface area contributed by atoms with Gasteiger partial charge in [-0.25, -0.2) is 8.78 Å². The van der Waals surface area contributed by atoms with Crippen LogP contribution in [0.4, 0.5) is 8.78 Å². The first-order chi connectivity index (χ1) is 12.0. The Morgan fingerprint density at radius 2 is 1.96 bits per heavy atom. The molecule has 1 amide bonds. The summed E-state index contributed by atoms with van der Waals surface area (Å²) in [5, 5.41) is 4.87. The molecule has 2 heterocycles. The number of likely N-dealkylation sites (tertiary alicyclic amines) is 1. The van der Waals surface area contributed by atoms with Gasteiger partial charge in [0, 0.05) is 23.1 Å². The van der Waals surface area contributed by atoms with E-state index in [-0.39, 0.29) is 11.6 Å². The fourth-order valence-corrected chi connectivity index (χ4v) is 4.07. The van der Waals surface area contributed by atoms with Crippen molar-refractivity contribution in [3.8, 4) is 0 Å². The van der Waals surface area contributed by atoms with Crippen LogP contribution in [0.25, 0.3) is 0 Å². The Balaban J connectivity index is 1.69. The molecule has 1 atom stereocenters. The van der Waals surface area contributed by atoms with Gasteiger partial charge < -0.3 is 5.32 Å². The lowest BCUT2D eigenvalue weighted by Gasteiger charge is -2.36. The van der Waals surface area contributed by atoms with Crippen LogP contribution in [0.1, 0.15) is 41.0 Å². The van der Waals surface area contributed by atoms with Crippen molar-refractivity contribution < 1.29 is 13.6 Å². The van der Waals surface area contributed by atoms with Crippen LogP contribution in [-0.4, -0.2) is 30.4 Å². The molecule has 2 aromatic rings. The predicted octanol–water partition coefficient (Wildman–Crippen LogP) is 4.23. The summed E-state index contributed by atoms with van der Waals surface area (Å²) in [6.07, 6.45) is 2.29. The first-order valence-electron chi connectivity index (χ1n) is 8.54. The summed E-state index contributed by atoms with van der Waals surface area (Å²) in [6.45, 7) is 4.67. The molecule has 3 rings (SSSR count). The van der Waals surface area contributed by atoms with Gasteiger partial charge in [-0.05, 0) is 55.4 Å². The molecule has 0 bridgehead atoms. The zero-order valence-corrected chi connectivity index (χ0v) is 15.0. The lowest BCUT2D eigenvalue weighted by molar-refractivity contribution is 0.0914. The van der Waals surface area contributed by atoms with E-state index in [1.54, 1.807) is 11.3 Å². The molecule has 25 heavy (non-hydrogen) atoms. The molecule has 1 aromatic heterocycles. The molecule has 134 valence electrons. The second kappa shape index (κ2) is 8.06. The highest BCUT2D eigenvalue weighted by molar-refractivity contribution is 7.10. The van der Waals surface area contributed by atoms with Crippen LogP contribution in [0.15, 0.2) is 35.7 Å². The summed E-state index contributed by atoms with van der Waals surface area (Å²) < 4.78 is 26.6. The fraction of sp³-hybridized carbons (Fsp3) is 0.421. The fourth-order valence-electron chi connectivity index (χ4n) is 3.21. The lowest BCUT2D eigenvalue weighted by atomic mass is 9.97. The van der Waals surface area contributed by atoms with Crippen molar-refractivity contribution in [2.24, 2.45) is 5.92 Å². The Morgan fingerprint density at radius 1 is 1.28 bits per heavy atom. The van der Waals surface area contributed by atoms with Gasteiger partial charge in [-0.3, -0.25) is 9.69 Å². The minimum Gasteiger partial charge on any atom is -0.350 e. The Kier molecular flexibility index (Phi) is 5.81. The van der Waals surface area contributed by atoms with Crippen molar-refractivity contribution in [2.75, 3.05) is 19.6 Å². The number of amides is 1. The number of benzene rings is 1. The smallest absolute Gasteiger partial charge is 0.251 e. The summed E-state index contributed by atoms with van der Waals surface area (Å²) in [7, 11) is 0. The molecule has 0 saturated carbocycles. The van der Waals surface area contributed by atoms with Gasteiger partial charge in [0.05, 0.1) is 6.04 Å². The molecule has 1 aromatic carbocycles. The number of nitrogens with one attached hydrogen (secondary N) is 1. The van der Waals surface area contributed by atoms with Gasteiger partial charge in [-0.1, -0.05) is 13.0 Å². The van der Waals surface area contributed by atoms with E-state index >= 15 is 0 Å². The monoisotopic (exact) mass is 364 g/mol. The Morgan fingerprint density at radius 3 is 2.56 bits per heavy atom. The van der Waals surface area contributed by atoms with Gasteiger partial charge in [0.15, 0.2) is 0 Å². The highest BCUT2D eigenvalue weighted by Gasteiger charge is 2.26. The number of carbonyl (C=O) groups is 1. The maximum Gasteiger partial charge on any atom is 0.251 e. The SMILES string of the molecule is CC1CCN(C(CNC(=O)c2cc(F)cc(F)c2)c2cccs2)CC1. The number of piperidine rings is 1. The molecular weight excluding hydrogens is 342 g/mol. The molecule has 1 fully saturated rings. The Labute approximate surface area is 150 Å². The molecule has 1 aliphatic rings. The molecule has 3 nitrogen and oxygen atoms in total. The van der Waals surface area contributed by atoms with E-state index in [1.165, 1.54) is 4.88 Å². The van der Waals surface area contributed by atoms with E-state index in [0.29, 0.717) is 6.54 Å². The van der Waals surface area contributed by atoms with Crippen molar-refractivity contribution in [1.82, 2.24) is 10.2 Å². The van der Waals surface area contributed by atoms with E-state index in [1.807, 2.05) is 11.4 Å². The average Bonchev–Trinajstić information content (AvgIpc) is 3.10. The minimum atomic E-state index is -0.745. The van der Waals surface area contributed by atoms with E-state index in [2.05, 4.69) is 23.2 Å². The number of hydrogen-bond acceptors (Lipinski definition) is 3. The average molecular weight is 364 g/mol. The second-order valence-electron chi connectivity index (χ2n) is 6.62. The van der Waals surface area contributed by atoms with Crippen LogP contribution in [-0.2, 0) is 0 Å². The standard InChI is InChI=1S/C19H22F2N2OS/c1-13-4-6-23(7-5-13)17(18-3-2-8-25-18)12-22-19(24)14-9-15(20)11-16(21)10-14/h2-3,8-11,13,17H,4-7,12H2,1H3,(H,22,24). The van der Waals surface area contributed by atoms with Gasteiger partial charge in [-0.15, -0.1) is 11.3 Å². The third-order valence-corrected chi connectivity index (χ3v) is 5.68. The van der Waals surface area contributed by atoms with Crippen LogP contribution in [0.3, 0.4) is 0 Å². The van der Waals surface area contributed by atoms with Crippen LogP contribution < -0.4 is 5.32 Å². The molecule has 1 unspecified atom stereocenters. The van der Waals surface area contributed by atoms with Gasteiger partial charge in [0.2, 0.25) is 0 Å². The van der Waals surface area contributed by atoms with Crippen molar-refractivity contribution >= 4 is 17.2 Å². The third kappa shape index (κ3) is 4.64. The van der Waals surface area contributed by atoms with E-state index < -0.39 is 17.5 Å². The third-order valence-electron chi connectivity index (χ3n) is 4.71. The van der Waals surface area contributed by atoms with Crippen LogP contribution in [0.5, 0.6) is 0 Å². The number of nitrogens with zero attached hydrogens (tertiary/aromatic N) is 1. The van der Waals surface area contributed by atoms with Gasteiger partial charge in [0.25, 0.3) is 5.91 Å². The van der Waals surface area contributed by atoms with Crippen molar-refractivity contribution in [3.05, 3.63) is 57.8 Å². The topological polar surface area (TPSA) is 32.3 Å². The number of halogens is 2. The second-order valence-corrected chi connectivity index (χ2v) is 7.60. The van der Waals surface area contributed by atoms with Crippen LogP contribution in [0.2, 0.25) is 0 Å². The highest BCUT2D eigenvalue weighted by atomic mass is 32.1. The molecule has 1 aliphatic heterocycles. The van der Waals surface area contributed by atoms with Crippen molar-refractivity contribution in [1.29, 1.82) is 0 Å². The number of hydrogen-bond donors (Lipinski definition) is 1. The van der Waals surface area contributed by atoms with Gasteiger partial charge in [0.1, 0.15) is 11.6 Å². The Bertz CT molecular complexity index is 692. The molecular formula is C19H22F2N2OS. The molecule has 0 spiro atoms. The van der Waals surface area contributed by atoms with Crippen LogP contribution >= 0.6 is 11.3 Å². The molecule has 1 N–H and O–H groups in total. The van der Waals surface area contributed by atoms with Crippen molar-refractivity contribution in [3.63, 3.8) is 0 Å². The molecule has 0 radical (unpaired) electrons.